The van der Waals surface area contributed by atoms with Crippen LogP contribution in [0, 0.1) is 0 Å². The Morgan fingerprint density at radius 1 is 0.654 bits per heavy atom. The van der Waals surface area contributed by atoms with Gasteiger partial charge in [0.05, 0.1) is 28.1 Å². The molecule has 3 aromatic heterocycles. The number of para-hydroxylation sites is 1. The van der Waals surface area contributed by atoms with Crippen LogP contribution in [0.5, 0.6) is 11.5 Å². The van der Waals surface area contributed by atoms with Gasteiger partial charge in [0.25, 0.3) is 0 Å². The van der Waals surface area contributed by atoms with Gasteiger partial charge in [0.15, 0.2) is 0 Å². The molecule has 52 heavy (non-hydrogen) atoms. The summed E-state index contributed by atoms with van der Waals surface area (Å²) in [6, 6.07) is 32.8. The van der Waals surface area contributed by atoms with Gasteiger partial charge in [-0.2, -0.15) is 5.10 Å². The second-order valence-corrected chi connectivity index (χ2v) is 14.9. The van der Waals surface area contributed by atoms with Crippen molar-refractivity contribution in [1.82, 2.24) is 19.3 Å². The number of aromatic nitrogens is 4. The Morgan fingerprint density at radius 3 is 2.10 bits per heavy atom. The van der Waals surface area contributed by atoms with Crippen molar-refractivity contribution in [1.29, 1.82) is 0 Å². The Hall–Kier alpha value is -5.16. The molecule has 7 rings (SSSR count). The summed E-state index contributed by atoms with van der Waals surface area (Å²) in [6.07, 6.45) is 7.76. The van der Waals surface area contributed by atoms with Crippen molar-refractivity contribution in [2.24, 2.45) is 0 Å². The molecule has 0 radical (unpaired) electrons. The molecule has 0 unspecified atom stereocenters. The highest BCUT2D eigenvalue weighted by Crippen LogP contribution is 2.39. The van der Waals surface area contributed by atoms with E-state index in [-0.39, 0.29) is 5.41 Å². The summed E-state index contributed by atoms with van der Waals surface area (Å²) in [6.45, 7) is 18.0. The molecule has 5 nitrogen and oxygen atoms in total. The first-order valence-electron chi connectivity index (χ1n) is 19.2. The monoisotopic (exact) mass is 688 g/mol. The second-order valence-electron chi connectivity index (χ2n) is 14.9. The smallest absolute Gasteiger partial charge is 0.137 e. The Morgan fingerprint density at radius 2 is 1.40 bits per heavy atom. The van der Waals surface area contributed by atoms with E-state index in [2.05, 4.69) is 156 Å². The standard InChI is InChI=1S/C47H52N4O/c1-9-17-31-24-25-48-44(26-31)50-42-21-15-14-20-38(42)39-23-22-36(30-43(39)50)52-37-28-34(47(6,7)8)27-35(29-37)51-41(13-5)46(40(12-4)49-51)45-32(10-2)18-16-19-33(45)11-3/h14-16,18-30H,9-13,17H2,1-8H3. The lowest BCUT2D eigenvalue weighted by atomic mass is 9.86. The maximum atomic E-state index is 6.85. The molecule has 0 saturated carbocycles. The van der Waals surface area contributed by atoms with Crippen LogP contribution >= 0.6 is 0 Å². The SMILES string of the molecule is CCCc1ccnc(-n2c3ccccc3c3ccc(Oc4cc(-n5nc(CC)c(-c6c(CC)cccc6CC)c5CC)cc(C(C)(C)C)c4)cc32)c1. The van der Waals surface area contributed by atoms with Gasteiger partial charge in [0, 0.05) is 34.7 Å². The Balaban J connectivity index is 1.38. The van der Waals surface area contributed by atoms with Crippen LogP contribution in [-0.2, 0) is 37.5 Å². The third kappa shape index (κ3) is 6.42. The Labute approximate surface area is 309 Å². The number of nitrogens with zero attached hydrogens (tertiary/aromatic N) is 4. The highest BCUT2D eigenvalue weighted by atomic mass is 16.5. The summed E-state index contributed by atoms with van der Waals surface area (Å²) in [4.78, 5) is 4.85. The van der Waals surface area contributed by atoms with Crippen LogP contribution in [0.25, 0.3) is 44.4 Å². The van der Waals surface area contributed by atoms with Crippen molar-refractivity contribution in [2.75, 3.05) is 0 Å². The van der Waals surface area contributed by atoms with Crippen molar-refractivity contribution in [3.63, 3.8) is 0 Å². The van der Waals surface area contributed by atoms with Crippen molar-refractivity contribution < 1.29 is 4.74 Å². The number of rotatable bonds is 11. The van der Waals surface area contributed by atoms with Gasteiger partial charge >= 0.3 is 0 Å². The van der Waals surface area contributed by atoms with Crippen molar-refractivity contribution in [3.05, 3.63) is 131 Å². The fourth-order valence-corrected chi connectivity index (χ4v) is 7.76. The van der Waals surface area contributed by atoms with Crippen molar-refractivity contribution in [2.45, 2.75) is 99.3 Å². The minimum Gasteiger partial charge on any atom is -0.457 e. The van der Waals surface area contributed by atoms with Crippen molar-refractivity contribution in [3.8, 4) is 34.1 Å². The molecule has 0 fully saturated rings. The number of hydrogen-bond donors (Lipinski definition) is 0. The molecule has 0 saturated heterocycles. The van der Waals surface area contributed by atoms with E-state index >= 15 is 0 Å². The normalized spacial score (nSPS) is 11.9. The van der Waals surface area contributed by atoms with Gasteiger partial charge in [-0.3, -0.25) is 4.57 Å². The Kier molecular flexibility index (Phi) is 9.80. The van der Waals surface area contributed by atoms with E-state index in [1.54, 1.807) is 0 Å². The molecule has 7 aromatic rings. The minimum absolute atomic E-state index is 0.0974. The van der Waals surface area contributed by atoms with E-state index in [4.69, 9.17) is 14.8 Å². The first-order chi connectivity index (χ1) is 25.2. The highest BCUT2D eigenvalue weighted by Gasteiger charge is 2.24. The molecule has 0 bridgehead atoms. The van der Waals surface area contributed by atoms with Crippen LogP contribution in [0.1, 0.15) is 95.5 Å². The quantitative estimate of drug-likeness (QED) is 0.136. The van der Waals surface area contributed by atoms with E-state index in [1.807, 2.05) is 6.20 Å². The van der Waals surface area contributed by atoms with Crippen LogP contribution in [0.2, 0.25) is 0 Å². The molecule has 0 aliphatic carbocycles. The fraction of sp³-hybridized carbons (Fsp3) is 0.319. The first-order valence-corrected chi connectivity index (χ1v) is 19.2. The highest BCUT2D eigenvalue weighted by molar-refractivity contribution is 6.09. The van der Waals surface area contributed by atoms with Crippen LogP contribution in [0.3, 0.4) is 0 Å². The fourth-order valence-electron chi connectivity index (χ4n) is 7.76. The molecular weight excluding hydrogens is 637 g/mol. The minimum atomic E-state index is -0.0974. The maximum Gasteiger partial charge on any atom is 0.137 e. The van der Waals surface area contributed by atoms with Gasteiger partial charge < -0.3 is 4.74 Å². The van der Waals surface area contributed by atoms with Crippen LogP contribution in [0.4, 0.5) is 0 Å². The van der Waals surface area contributed by atoms with Crippen LogP contribution in [0.15, 0.2) is 97.2 Å². The zero-order valence-electron chi connectivity index (χ0n) is 32.2. The Bertz CT molecular complexity index is 2360. The number of benzene rings is 4. The number of fused-ring (bicyclic) bond motifs is 3. The molecule has 4 aromatic carbocycles. The predicted octanol–water partition coefficient (Wildman–Crippen LogP) is 12.3. The zero-order chi connectivity index (χ0) is 36.6. The molecule has 266 valence electrons. The molecular formula is C47H52N4O. The lowest BCUT2D eigenvalue weighted by molar-refractivity contribution is 0.478. The van der Waals surface area contributed by atoms with E-state index in [0.717, 1.165) is 78.3 Å². The van der Waals surface area contributed by atoms with Crippen LogP contribution in [-0.4, -0.2) is 19.3 Å². The molecule has 0 N–H and O–H groups in total. The number of aryl methyl sites for hydroxylation is 4. The molecule has 0 amide bonds. The third-order valence-corrected chi connectivity index (χ3v) is 10.4. The summed E-state index contributed by atoms with van der Waals surface area (Å²) < 4.78 is 11.3. The summed E-state index contributed by atoms with van der Waals surface area (Å²) in [5.74, 6) is 2.51. The van der Waals surface area contributed by atoms with Gasteiger partial charge in [-0.1, -0.05) is 98.2 Å². The first kappa shape index (κ1) is 35.3. The third-order valence-electron chi connectivity index (χ3n) is 10.4. The molecule has 3 heterocycles. The van der Waals surface area contributed by atoms with E-state index in [0.29, 0.717) is 0 Å². The van der Waals surface area contributed by atoms with Gasteiger partial charge in [-0.25, -0.2) is 9.67 Å². The molecule has 0 spiro atoms. The number of hydrogen-bond acceptors (Lipinski definition) is 3. The lowest BCUT2D eigenvalue weighted by Gasteiger charge is -2.22. The molecule has 0 aliphatic rings. The molecule has 0 atom stereocenters. The van der Waals surface area contributed by atoms with Gasteiger partial charge in [-0.15, -0.1) is 0 Å². The zero-order valence-corrected chi connectivity index (χ0v) is 32.2. The second kappa shape index (κ2) is 14.5. The number of pyridine rings is 1. The van der Waals surface area contributed by atoms with Crippen LogP contribution < -0.4 is 4.74 Å². The van der Waals surface area contributed by atoms with E-state index < -0.39 is 0 Å². The summed E-state index contributed by atoms with van der Waals surface area (Å²) in [5.41, 5.74) is 13.5. The maximum absolute atomic E-state index is 6.85. The van der Waals surface area contributed by atoms with Gasteiger partial charge in [-0.05, 0) is 108 Å². The lowest BCUT2D eigenvalue weighted by Crippen LogP contribution is -2.13. The van der Waals surface area contributed by atoms with Gasteiger partial charge in [0.2, 0.25) is 0 Å². The summed E-state index contributed by atoms with van der Waals surface area (Å²) >= 11 is 0. The van der Waals surface area contributed by atoms with Crippen molar-refractivity contribution >= 4 is 21.8 Å². The molecule has 5 heteroatoms. The molecule has 0 aliphatic heterocycles. The number of ether oxygens (including phenoxy) is 1. The largest absolute Gasteiger partial charge is 0.457 e. The van der Waals surface area contributed by atoms with E-state index in [9.17, 15) is 0 Å². The van der Waals surface area contributed by atoms with E-state index in [1.165, 1.54) is 49.8 Å². The summed E-state index contributed by atoms with van der Waals surface area (Å²) in [7, 11) is 0. The summed E-state index contributed by atoms with van der Waals surface area (Å²) in [5, 5.41) is 7.73. The topological polar surface area (TPSA) is 44.9 Å². The average molecular weight is 689 g/mol. The average Bonchev–Trinajstić information content (AvgIpc) is 3.69. The van der Waals surface area contributed by atoms with Gasteiger partial charge in [0.1, 0.15) is 17.3 Å². The predicted molar refractivity (Wildman–Crippen MR) is 218 cm³/mol.